The maximum atomic E-state index is 12.5. The third-order valence-corrected chi connectivity index (χ3v) is 4.68. The molecule has 0 spiro atoms. The maximum Gasteiger partial charge on any atom is 0.311 e. The highest BCUT2D eigenvalue weighted by Gasteiger charge is 2.37. The number of phenols is 1. The van der Waals surface area contributed by atoms with E-state index in [-0.39, 0.29) is 34.9 Å². The van der Waals surface area contributed by atoms with Crippen molar-refractivity contribution in [3.05, 3.63) is 23.3 Å². The molecule has 2 rings (SSSR count). The smallest absolute Gasteiger partial charge is 0.311 e. The minimum atomic E-state index is -0.442. The minimum Gasteiger partial charge on any atom is -0.507 e. The summed E-state index contributed by atoms with van der Waals surface area (Å²) in [4.78, 5) is 25.9. The van der Waals surface area contributed by atoms with Crippen LogP contribution >= 0.6 is 0 Å². The summed E-state index contributed by atoms with van der Waals surface area (Å²) in [5.74, 6) is -0.620. The summed E-state index contributed by atoms with van der Waals surface area (Å²) in [6.07, 6.45) is 0.156. The summed E-state index contributed by atoms with van der Waals surface area (Å²) in [6.45, 7) is 12.5. The number of benzene rings is 1. The average molecular weight is 347 g/mol. The molecule has 5 heteroatoms. The van der Waals surface area contributed by atoms with Crippen LogP contribution in [-0.2, 0) is 25.2 Å². The first-order valence-electron chi connectivity index (χ1n) is 8.62. The molecule has 5 nitrogen and oxygen atoms in total. The first-order valence-corrected chi connectivity index (χ1v) is 8.62. The Morgan fingerprint density at radius 1 is 1.12 bits per heavy atom. The number of nitrogens with zero attached hydrogens (tertiary/aromatic N) is 1. The topological polar surface area (TPSA) is 66.8 Å². The fourth-order valence-corrected chi connectivity index (χ4v) is 3.20. The Balaban J connectivity index is 2.55. The van der Waals surface area contributed by atoms with E-state index in [1.165, 1.54) is 7.11 Å². The molecule has 1 aliphatic rings. The van der Waals surface area contributed by atoms with Gasteiger partial charge >= 0.3 is 5.97 Å². The van der Waals surface area contributed by atoms with Crippen LogP contribution in [0, 0.1) is 5.92 Å². The number of carbonyl (C=O) groups excluding carboxylic acids is 2. The Kier molecular flexibility index (Phi) is 4.90. The molecule has 138 valence electrons. The van der Waals surface area contributed by atoms with Crippen LogP contribution in [-0.4, -0.2) is 30.6 Å². The molecule has 0 bridgehead atoms. The third-order valence-electron chi connectivity index (χ3n) is 4.68. The van der Waals surface area contributed by atoms with Crippen LogP contribution in [0.15, 0.2) is 12.1 Å². The molecule has 1 N–H and O–H groups in total. The quantitative estimate of drug-likeness (QED) is 0.831. The lowest BCUT2D eigenvalue weighted by molar-refractivity contribution is -0.145. The first kappa shape index (κ1) is 19.3. The van der Waals surface area contributed by atoms with Crippen LogP contribution in [0.1, 0.15) is 59.1 Å². The number of hydrogen-bond acceptors (Lipinski definition) is 4. The van der Waals surface area contributed by atoms with Gasteiger partial charge in [-0.05, 0) is 23.0 Å². The lowest BCUT2D eigenvalue weighted by atomic mass is 9.79. The molecule has 1 unspecified atom stereocenters. The third kappa shape index (κ3) is 3.80. The molecule has 0 aromatic heterocycles. The van der Waals surface area contributed by atoms with Gasteiger partial charge in [0, 0.05) is 29.8 Å². The summed E-state index contributed by atoms with van der Waals surface area (Å²) in [5.41, 5.74) is 1.77. The molecule has 0 aliphatic carbocycles. The van der Waals surface area contributed by atoms with E-state index in [0.29, 0.717) is 6.54 Å². The summed E-state index contributed by atoms with van der Waals surface area (Å²) in [6, 6.07) is 3.73. The van der Waals surface area contributed by atoms with Crippen molar-refractivity contribution in [2.45, 2.75) is 58.8 Å². The zero-order valence-electron chi connectivity index (χ0n) is 16.3. The molecule has 1 heterocycles. The largest absolute Gasteiger partial charge is 0.507 e. The molecule has 0 radical (unpaired) electrons. The van der Waals surface area contributed by atoms with Gasteiger partial charge in [0.15, 0.2) is 0 Å². The van der Waals surface area contributed by atoms with E-state index in [9.17, 15) is 14.7 Å². The number of anilines is 1. The molecule has 0 saturated carbocycles. The number of esters is 1. The van der Waals surface area contributed by atoms with Gasteiger partial charge in [-0.1, -0.05) is 41.5 Å². The van der Waals surface area contributed by atoms with E-state index in [4.69, 9.17) is 4.74 Å². The number of ether oxygens (including phenoxy) is 1. The normalized spacial score (nSPS) is 18.6. The molecular formula is C20H29NO4. The number of rotatable bonds is 2. The number of carbonyl (C=O) groups is 2. The summed E-state index contributed by atoms with van der Waals surface area (Å²) >= 11 is 0. The van der Waals surface area contributed by atoms with Gasteiger partial charge in [-0.2, -0.15) is 0 Å². The van der Waals surface area contributed by atoms with Gasteiger partial charge in [0.2, 0.25) is 5.91 Å². The van der Waals surface area contributed by atoms with Crippen molar-refractivity contribution in [2.75, 3.05) is 18.6 Å². The van der Waals surface area contributed by atoms with Crippen LogP contribution < -0.4 is 4.90 Å². The minimum absolute atomic E-state index is 0.0965. The Labute approximate surface area is 150 Å². The van der Waals surface area contributed by atoms with Crippen LogP contribution in [0.2, 0.25) is 0 Å². The molecular weight excluding hydrogens is 318 g/mol. The van der Waals surface area contributed by atoms with Gasteiger partial charge in [-0.25, -0.2) is 0 Å². The Hall–Kier alpha value is -2.04. The van der Waals surface area contributed by atoms with Crippen molar-refractivity contribution in [2.24, 2.45) is 5.92 Å². The van der Waals surface area contributed by atoms with Crippen molar-refractivity contribution in [3.63, 3.8) is 0 Å². The van der Waals surface area contributed by atoms with Gasteiger partial charge in [-0.3, -0.25) is 9.59 Å². The summed E-state index contributed by atoms with van der Waals surface area (Å²) in [7, 11) is 1.34. The van der Waals surface area contributed by atoms with Crippen LogP contribution in [0.25, 0.3) is 0 Å². The molecule has 1 fully saturated rings. The maximum absolute atomic E-state index is 12.5. The summed E-state index contributed by atoms with van der Waals surface area (Å²) < 4.78 is 4.78. The van der Waals surface area contributed by atoms with Gasteiger partial charge in [0.25, 0.3) is 0 Å². The van der Waals surface area contributed by atoms with Crippen molar-refractivity contribution in [1.82, 2.24) is 0 Å². The highest BCUT2D eigenvalue weighted by atomic mass is 16.5. The van der Waals surface area contributed by atoms with E-state index in [2.05, 4.69) is 0 Å². The van der Waals surface area contributed by atoms with E-state index >= 15 is 0 Å². The van der Waals surface area contributed by atoms with E-state index < -0.39 is 5.92 Å². The predicted octanol–water partition coefficient (Wildman–Crippen LogP) is 3.51. The number of phenolic OH excluding ortho intramolecular Hbond substituents is 1. The molecule has 1 aromatic carbocycles. The standard InChI is InChI=1S/C20H29NO4/c1-19(2,3)14-9-13(10-15(17(14)23)20(4,5)6)21-11-12(8-16(21)22)18(24)25-7/h9-10,12,23H,8,11H2,1-7H3. The zero-order chi connectivity index (χ0) is 19.2. The zero-order valence-corrected chi connectivity index (χ0v) is 16.3. The Morgan fingerprint density at radius 3 is 2.00 bits per heavy atom. The predicted molar refractivity (Wildman–Crippen MR) is 98.0 cm³/mol. The second-order valence-electron chi connectivity index (χ2n) is 8.82. The number of aromatic hydroxyl groups is 1. The van der Waals surface area contributed by atoms with E-state index in [0.717, 1.165) is 16.8 Å². The van der Waals surface area contributed by atoms with Gasteiger partial charge in [0.1, 0.15) is 5.75 Å². The molecule has 1 aromatic rings. The van der Waals surface area contributed by atoms with Crippen molar-refractivity contribution in [3.8, 4) is 5.75 Å². The lowest BCUT2D eigenvalue weighted by Gasteiger charge is -2.30. The van der Waals surface area contributed by atoms with Crippen LogP contribution in [0.5, 0.6) is 5.75 Å². The van der Waals surface area contributed by atoms with Gasteiger partial charge in [-0.15, -0.1) is 0 Å². The van der Waals surface area contributed by atoms with Crippen molar-refractivity contribution >= 4 is 17.6 Å². The second kappa shape index (κ2) is 6.36. The van der Waals surface area contributed by atoms with Crippen molar-refractivity contribution < 1.29 is 19.4 Å². The highest BCUT2D eigenvalue weighted by Crippen LogP contribution is 2.42. The fourth-order valence-electron chi connectivity index (χ4n) is 3.20. The molecule has 1 aliphatic heterocycles. The molecule has 1 atom stereocenters. The number of hydrogen-bond donors (Lipinski definition) is 1. The van der Waals surface area contributed by atoms with E-state index in [1.54, 1.807) is 4.90 Å². The summed E-state index contributed by atoms with van der Waals surface area (Å²) in [5, 5.41) is 10.8. The molecule has 1 amide bonds. The number of amides is 1. The fraction of sp³-hybridized carbons (Fsp3) is 0.600. The molecule has 25 heavy (non-hydrogen) atoms. The molecule has 1 saturated heterocycles. The number of methoxy groups -OCH3 is 1. The van der Waals surface area contributed by atoms with Gasteiger partial charge < -0.3 is 14.7 Å². The monoisotopic (exact) mass is 347 g/mol. The van der Waals surface area contributed by atoms with Crippen LogP contribution in [0.3, 0.4) is 0 Å². The Morgan fingerprint density at radius 2 is 1.60 bits per heavy atom. The van der Waals surface area contributed by atoms with Crippen molar-refractivity contribution in [1.29, 1.82) is 0 Å². The van der Waals surface area contributed by atoms with Crippen LogP contribution in [0.4, 0.5) is 5.69 Å². The highest BCUT2D eigenvalue weighted by molar-refractivity contribution is 5.99. The van der Waals surface area contributed by atoms with E-state index in [1.807, 2.05) is 53.7 Å². The SMILES string of the molecule is COC(=O)C1CC(=O)N(c2cc(C(C)(C)C)c(O)c(C(C)(C)C)c2)C1. The first-order chi connectivity index (χ1) is 11.4. The van der Waals surface area contributed by atoms with Gasteiger partial charge in [0.05, 0.1) is 13.0 Å². The lowest BCUT2D eigenvalue weighted by Crippen LogP contribution is -2.27. The average Bonchev–Trinajstić information content (AvgIpc) is 2.86. The second-order valence-corrected chi connectivity index (χ2v) is 8.82. The Bertz CT molecular complexity index is 660.